The SMILES string of the molecule is CN=C(NCC(=O)N1CCCc2ccccc21)NCC(C)(C)NC(=O)OC(C)(C)C.I. The van der Waals surface area contributed by atoms with E-state index in [1.165, 1.54) is 5.56 Å². The van der Waals surface area contributed by atoms with Gasteiger partial charge in [0.2, 0.25) is 5.91 Å². The quantitative estimate of drug-likeness (QED) is 0.301. The van der Waals surface area contributed by atoms with Gasteiger partial charge in [-0.2, -0.15) is 0 Å². The standard InChI is InChI=1S/C22H35N5O3.HI/c1-21(2,3)30-20(29)26-22(4,5)15-25-19(23-6)24-14-18(28)27-13-9-11-16-10-7-8-12-17(16)27;/h7-8,10,12H,9,11,13-15H2,1-6H3,(H,26,29)(H2,23,24,25);1H. The first-order valence-electron chi connectivity index (χ1n) is 10.3. The number of benzene rings is 1. The number of amides is 2. The Morgan fingerprint density at radius 1 is 1.13 bits per heavy atom. The lowest BCUT2D eigenvalue weighted by atomic mass is 10.0. The first kappa shape index (κ1) is 27.0. The first-order valence-corrected chi connectivity index (χ1v) is 10.3. The lowest BCUT2D eigenvalue weighted by Gasteiger charge is -2.30. The number of nitrogens with zero attached hydrogens (tertiary/aromatic N) is 2. The molecule has 0 saturated carbocycles. The van der Waals surface area contributed by atoms with E-state index in [1.807, 2.05) is 57.7 Å². The second kappa shape index (κ2) is 11.5. The average molecular weight is 545 g/mol. The summed E-state index contributed by atoms with van der Waals surface area (Å²) in [6.45, 7) is 10.5. The van der Waals surface area contributed by atoms with Crippen molar-refractivity contribution < 1.29 is 14.3 Å². The van der Waals surface area contributed by atoms with Crippen LogP contribution >= 0.6 is 24.0 Å². The molecule has 0 unspecified atom stereocenters. The summed E-state index contributed by atoms with van der Waals surface area (Å²) in [5, 5.41) is 9.06. The zero-order valence-corrected chi connectivity index (χ0v) is 21.7. The molecule has 0 radical (unpaired) electrons. The Hall–Kier alpha value is -2.04. The normalized spacial score (nSPS) is 14.1. The predicted octanol–water partition coefficient (Wildman–Crippen LogP) is 3.05. The van der Waals surface area contributed by atoms with Gasteiger partial charge in [0, 0.05) is 25.8 Å². The molecule has 1 aliphatic rings. The molecule has 0 saturated heterocycles. The smallest absolute Gasteiger partial charge is 0.408 e. The molecular weight excluding hydrogens is 509 g/mol. The number of guanidine groups is 1. The monoisotopic (exact) mass is 545 g/mol. The van der Waals surface area contributed by atoms with Crippen molar-refractivity contribution in [1.82, 2.24) is 16.0 Å². The number of ether oxygens (including phenoxy) is 1. The Morgan fingerprint density at radius 2 is 1.81 bits per heavy atom. The van der Waals surface area contributed by atoms with Crippen LogP contribution in [0.5, 0.6) is 0 Å². The van der Waals surface area contributed by atoms with E-state index in [0.717, 1.165) is 25.1 Å². The zero-order chi connectivity index (χ0) is 22.4. The summed E-state index contributed by atoms with van der Waals surface area (Å²) < 4.78 is 5.31. The summed E-state index contributed by atoms with van der Waals surface area (Å²) in [5.74, 6) is 0.490. The molecule has 1 aromatic rings. The van der Waals surface area contributed by atoms with Crippen LogP contribution in [-0.4, -0.2) is 55.8 Å². The van der Waals surface area contributed by atoms with Gasteiger partial charge in [0.15, 0.2) is 5.96 Å². The Morgan fingerprint density at radius 3 is 2.45 bits per heavy atom. The van der Waals surface area contributed by atoms with Crippen molar-refractivity contribution >= 4 is 47.6 Å². The molecule has 1 aromatic carbocycles. The van der Waals surface area contributed by atoms with E-state index in [9.17, 15) is 9.59 Å². The second-order valence-corrected chi connectivity index (χ2v) is 9.07. The maximum atomic E-state index is 12.8. The number of carbonyl (C=O) groups excluding carboxylic acids is 2. The Balaban J connectivity index is 0.00000480. The molecular formula is C22H36IN5O3. The fourth-order valence-electron chi connectivity index (χ4n) is 3.20. The van der Waals surface area contributed by atoms with Crippen LogP contribution in [0.4, 0.5) is 10.5 Å². The molecule has 0 bridgehead atoms. The summed E-state index contributed by atoms with van der Waals surface area (Å²) in [6, 6.07) is 8.02. The maximum absolute atomic E-state index is 12.8. The van der Waals surface area contributed by atoms with Gasteiger partial charge in [-0.3, -0.25) is 9.79 Å². The van der Waals surface area contributed by atoms with Crippen LogP contribution in [0, 0.1) is 0 Å². The number of para-hydroxylation sites is 1. The molecule has 0 aliphatic carbocycles. The third kappa shape index (κ3) is 8.92. The van der Waals surface area contributed by atoms with Gasteiger partial charge in [-0.15, -0.1) is 24.0 Å². The number of fused-ring (bicyclic) bond motifs is 1. The van der Waals surface area contributed by atoms with Crippen LogP contribution in [0.1, 0.15) is 46.6 Å². The first-order chi connectivity index (χ1) is 14.0. The lowest BCUT2D eigenvalue weighted by Crippen LogP contribution is -2.55. The van der Waals surface area contributed by atoms with Crippen molar-refractivity contribution in [3.63, 3.8) is 0 Å². The number of alkyl carbamates (subject to hydrolysis) is 1. The maximum Gasteiger partial charge on any atom is 0.408 e. The lowest BCUT2D eigenvalue weighted by molar-refractivity contribution is -0.117. The fraction of sp³-hybridized carbons (Fsp3) is 0.591. The topological polar surface area (TPSA) is 95.1 Å². The molecule has 0 atom stereocenters. The van der Waals surface area contributed by atoms with Crippen LogP contribution in [0.3, 0.4) is 0 Å². The van der Waals surface area contributed by atoms with Gasteiger partial charge in [0.25, 0.3) is 0 Å². The molecule has 174 valence electrons. The highest BCUT2D eigenvalue weighted by Gasteiger charge is 2.25. The molecule has 31 heavy (non-hydrogen) atoms. The Kier molecular flexibility index (Phi) is 10.1. The second-order valence-electron chi connectivity index (χ2n) is 9.07. The van der Waals surface area contributed by atoms with Gasteiger partial charge in [-0.25, -0.2) is 4.79 Å². The van der Waals surface area contributed by atoms with Crippen molar-refractivity contribution in [3.05, 3.63) is 29.8 Å². The highest BCUT2D eigenvalue weighted by molar-refractivity contribution is 14.0. The van der Waals surface area contributed by atoms with Crippen molar-refractivity contribution in [1.29, 1.82) is 0 Å². The van der Waals surface area contributed by atoms with E-state index in [-0.39, 0.29) is 36.4 Å². The average Bonchev–Trinajstić information content (AvgIpc) is 2.65. The van der Waals surface area contributed by atoms with Crippen LogP contribution in [-0.2, 0) is 16.0 Å². The van der Waals surface area contributed by atoms with Gasteiger partial charge in [0.1, 0.15) is 5.60 Å². The summed E-state index contributed by atoms with van der Waals surface area (Å²) in [4.78, 5) is 30.8. The molecule has 8 nitrogen and oxygen atoms in total. The number of hydrogen-bond acceptors (Lipinski definition) is 4. The number of rotatable bonds is 5. The van der Waals surface area contributed by atoms with Crippen molar-refractivity contribution in [2.45, 2.75) is 58.6 Å². The Labute approximate surface area is 202 Å². The molecule has 0 spiro atoms. The van der Waals surface area contributed by atoms with Crippen molar-refractivity contribution in [3.8, 4) is 0 Å². The minimum atomic E-state index is -0.574. The van der Waals surface area contributed by atoms with Crippen molar-refractivity contribution in [2.75, 3.05) is 31.6 Å². The molecule has 3 N–H and O–H groups in total. The molecule has 1 heterocycles. The van der Waals surface area contributed by atoms with E-state index < -0.39 is 17.2 Å². The van der Waals surface area contributed by atoms with Crippen LogP contribution in [0.2, 0.25) is 0 Å². The number of halogens is 1. The molecule has 9 heteroatoms. The van der Waals surface area contributed by atoms with Gasteiger partial charge in [-0.05, 0) is 59.1 Å². The van der Waals surface area contributed by atoms with Gasteiger partial charge in [-0.1, -0.05) is 18.2 Å². The summed E-state index contributed by atoms with van der Waals surface area (Å²) in [6.07, 6.45) is 1.48. The summed E-state index contributed by atoms with van der Waals surface area (Å²) in [5.41, 5.74) is 1.06. The van der Waals surface area contributed by atoms with Crippen LogP contribution in [0.25, 0.3) is 0 Å². The molecule has 2 rings (SSSR count). The number of hydrogen-bond donors (Lipinski definition) is 3. The third-order valence-electron chi connectivity index (χ3n) is 4.58. The largest absolute Gasteiger partial charge is 0.444 e. The predicted molar refractivity (Wildman–Crippen MR) is 135 cm³/mol. The van der Waals surface area contributed by atoms with E-state index in [1.54, 1.807) is 7.05 Å². The molecule has 2 amide bonds. The highest BCUT2D eigenvalue weighted by atomic mass is 127. The summed E-state index contributed by atoms with van der Waals surface area (Å²) >= 11 is 0. The zero-order valence-electron chi connectivity index (χ0n) is 19.4. The number of aliphatic imine (C=N–C) groups is 1. The molecule has 0 aromatic heterocycles. The van der Waals surface area contributed by atoms with Gasteiger partial charge >= 0.3 is 6.09 Å². The molecule has 0 fully saturated rings. The molecule has 1 aliphatic heterocycles. The highest BCUT2D eigenvalue weighted by Crippen LogP contribution is 2.26. The van der Waals surface area contributed by atoms with Gasteiger partial charge < -0.3 is 25.6 Å². The van der Waals surface area contributed by atoms with E-state index in [2.05, 4.69) is 27.0 Å². The van der Waals surface area contributed by atoms with E-state index >= 15 is 0 Å². The van der Waals surface area contributed by atoms with E-state index in [0.29, 0.717) is 12.5 Å². The minimum absolute atomic E-state index is 0. The number of nitrogens with one attached hydrogen (secondary N) is 3. The summed E-state index contributed by atoms with van der Waals surface area (Å²) in [7, 11) is 1.64. The fourth-order valence-corrected chi connectivity index (χ4v) is 3.20. The number of anilines is 1. The van der Waals surface area contributed by atoms with Crippen LogP contribution in [0.15, 0.2) is 29.3 Å². The van der Waals surface area contributed by atoms with Gasteiger partial charge in [0.05, 0.1) is 12.1 Å². The third-order valence-corrected chi connectivity index (χ3v) is 4.58. The van der Waals surface area contributed by atoms with E-state index in [4.69, 9.17) is 4.74 Å². The van der Waals surface area contributed by atoms with Crippen molar-refractivity contribution in [2.24, 2.45) is 4.99 Å². The Bertz CT molecular complexity index is 790. The van der Waals surface area contributed by atoms with Crippen LogP contribution < -0.4 is 20.9 Å². The number of carbonyl (C=O) groups is 2. The number of aryl methyl sites for hydroxylation is 1. The minimum Gasteiger partial charge on any atom is -0.444 e.